The lowest BCUT2D eigenvalue weighted by Crippen LogP contribution is -1.87. The SMILES string of the molecule is c1ccc(-c2c(-c3cnc4ccccc4c3)sc(-c3cnc4ccccc4c3)c2-c2ccccc2)cc1. The summed E-state index contributed by atoms with van der Waals surface area (Å²) in [5.41, 5.74) is 9.12. The molecule has 7 rings (SSSR count). The van der Waals surface area contributed by atoms with Crippen LogP contribution in [0.3, 0.4) is 0 Å². The minimum atomic E-state index is 1.01. The topological polar surface area (TPSA) is 25.8 Å². The first kappa shape index (κ1) is 21.7. The van der Waals surface area contributed by atoms with Crippen molar-refractivity contribution in [2.45, 2.75) is 0 Å². The number of rotatable bonds is 4. The number of para-hydroxylation sites is 2. The monoisotopic (exact) mass is 490 g/mol. The van der Waals surface area contributed by atoms with E-state index in [1.54, 1.807) is 0 Å². The van der Waals surface area contributed by atoms with Crippen molar-refractivity contribution in [1.29, 1.82) is 0 Å². The summed E-state index contributed by atoms with van der Waals surface area (Å²) < 4.78 is 0. The maximum atomic E-state index is 4.81. The third kappa shape index (κ3) is 3.90. The summed E-state index contributed by atoms with van der Waals surface area (Å²) in [6, 6.07) is 42.5. The Kier molecular flexibility index (Phi) is 5.34. The largest absolute Gasteiger partial charge is 0.256 e. The van der Waals surface area contributed by atoms with Crippen LogP contribution in [-0.2, 0) is 0 Å². The lowest BCUT2D eigenvalue weighted by atomic mass is 9.91. The van der Waals surface area contributed by atoms with E-state index in [9.17, 15) is 0 Å². The highest BCUT2D eigenvalue weighted by atomic mass is 32.1. The summed E-state index contributed by atoms with van der Waals surface area (Å²) in [6.07, 6.45) is 4.02. The summed E-state index contributed by atoms with van der Waals surface area (Å²) in [4.78, 5) is 12.1. The molecule has 0 radical (unpaired) electrons. The molecule has 0 atom stereocenters. The Labute approximate surface area is 219 Å². The highest BCUT2D eigenvalue weighted by Crippen LogP contribution is 2.52. The van der Waals surface area contributed by atoms with Crippen LogP contribution in [0.4, 0.5) is 0 Å². The van der Waals surface area contributed by atoms with E-state index in [1.807, 2.05) is 35.9 Å². The van der Waals surface area contributed by atoms with Gasteiger partial charge in [-0.1, -0.05) is 97.1 Å². The average molecular weight is 491 g/mol. The fourth-order valence-corrected chi connectivity index (χ4v) is 6.30. The molecule has 0 unspecified atom stereocenters. The molecule has 0 amide bonds. The number of pyridine rings is 2. The minimum absolute atomic E-state index is 1.01. The smallest absolute Gasteiger partial charge is 0.0702 e. The van der Waals surface area contributed by atoms with Gasteiger partial charge in [-0.15, -0.1) is 11.3 Å². The summed E-state index contributed by atoms with van der Waals surface area (Å²) in [7, 11) is 0. The molecular weight excluding hydrogens is 468 g/mol. The van der Waals surface area contributed by atoms with Crippen LogP contribution in [0.15, 0.2) is 134 Å². The van der Waals surface area contributed by atoms with Crippen LogP contribution >= 0.6 is 11.3 Å². The Morgan fingerprint density at radius 1 is 0.405 bits per heavy atom. The maximum absolute atomic E-state index is 4.81. The summed E-state index contributed by atoms with van der Waals surface area (Å²) in [5, 5.41) is 2.28. The number of thiophene rings is 1. The molecule has 2 nitrogen and oxygen atoms in total. The predicted octanol–water partition coefficient (Wildman–Crippen LogP) is 9.51. The predicted molar refractivity (Wildman–Crippen MR) is 157 cm³/mol. The van der Waals surface area contributed by atoms with Crippen LogP contribution in [-0.4, -0.2) is 9.97 Å². The first-order chi connectivity index (χ1) is 18.3. The second kappa shape index (κ2) is 9.12. The fourth-order valence-electron chi connectivity index (χ4n) is 4.99. The molecular formula is C34H22N2S. The first-order valence-electron chi connectivity index (χ1n) is 12.3. The van der Waals surface area contributed by atoms with Crippen LogP contribution < -0.4 is 0 Å². The highest BCUT2D eigenvalue weighted by molar-refractivity contribution is 7.20. The number of nitrogens with zero attached hydrogens (tertiary/aromatic N) is 2. The standard InChI is InChI=1S/C34H22N2S/c1-3-11-23(12-4-1)31-32(24-13-5-2-6-14-24)34(28-20-26-16-8-10-18-30(26)36-22-28)37-33(31)27-19-25-15-7-9-17-29(25)35-21-27/h1-22H. The van der Waals surface area contributed by atoms with Gasteiger partial charge in [0, 0.05) is 55.2 Å². The Hall–Kier alpha value is -4.60. The lowest BCUT2D eigenvalue weighted by Gasteiger charge is -2.11. The zero-order chi connectivity index (χ0) is 24.6. The Morgan fingerprint density at radius 3 is 1.27 bits per heavy atom. The van der Waals surface area contributed by atoms with Gasteiger partial charge in [0.1, 0.15) is 0 Å². The number of hydrogen-bond donors (Lipinski definition) is 0. The van der Waals surface area contributed by atoms with E-state index in [0.717, 1.165) is 32.9 Å². The van der Waals surface area contributed by atoms with E-state index in [0.29, 0.717) is 0 Å². The third-order valence-corrected chi connectivity index (χ3v) is 8.03. The molecule has 3 heterocycles. The lowest BCUT2D eigenvalue weighted by molar-refractivity contribution is 1.41. The Bertz CT molecular complexity index is 1730. The van der Waals surface area contributed by atoms with Gasteiger partial charge in [-0.05, 0) is 35.4 Å². The van der Waals surface area contributed by atoms with Gasteiger partial charge in [-0.3, -0.25) is 9.97 Å². The molecule has 0 spiro atoms. The van der Waals surface area contributed by atoms with Crippen LogP contribution in [0.1, 0.15) is 0 Å². The zero-order valence-corrected chi connectivity index (χ0v) is 20.8. The second-order valence-electron chi connectivity index (χ2n) is 9.08. The first-order valence-corrected chi connectivity index (χ1v) is 13.1. The van der Waals surface area contributed by atoms with Gasteiger partial charge in [-0.2, -0.15) is 0 Å². The molecule has 0 aliphatic rings. The normalized spacial score (nSPS) is 11.2. The third-order valence-electron chi connectivity index (χ3n) is 6.74. The molecule has 0 fully saturated rings. The number of aromatic nitrogens is 2. The molecule has 3 heteroatoms. The van der Waals surface area contributed by atoms with Gasteiger partial charge in [0.05, 0.1) is 11.0 Å². The van der Waals surface area contributed by atoms with E-state index in [1.165, 1.54) is 32.0 Å². The quantitative estimate of drug-likeness (QED) is 0.245. The van der Waals surface area contributed by atoms with Gasteiger partial charge in [0.2, 0.25) is 0 Å². The molecule has 174 valence electrons. The van der Waals surface area contributed by atoms with Crippen molar-refractivity contribution in [3.63, 3.8) is 0 Å². The number of hydrogen-bond acceptors (Lipinski definition) is 3. The molecule has 4 aromatic carbocycles. The van der Waals surface area contributed by atoms with Crippen LogP contribution in [0.2, 0.25) is 0 Å². The summed E-state index contributed by atoms with van der Waals surface area (Å²) >= 11 is 1.82. The van der Waals surface area contributed by atoms with Crippen molar-refractivity contribution < 1.29 is 0 Å². The Morgan fingerprint density at radius 2 is 0.811 bits per heavy atom. The molecule has 0 bridgehead atoms. The van der Waals surface area contributed by atoms with Gasteiger partial charge < -0.3 is 0 Å². The molecule has 0 saturated carbocycles. The van der Waals surface area contributed by atoms with E-state index in [4.69, 9.17) is 9.97 Å². The van der Waals surface area contributed by atoms with Crippen molar-refractivity contribution in [1.82, 2.24) is 9.97 Å². The number of fused-ring (bicyclic) bond motifs is 2. The molecule has 0 aliphatic carbocycles. The van der Waals surface area contributed by atoms with Gasteiger partial charge in [0.15, 0.2) is 0 Å². The van der Waals surface area contributed by atoms with Crippen molar-refractivity contribution in [2.24, 2.45) is 0 Å². The molecule has 37 heavy (non-hydrogen) atoms. The van der Waals surface area contributed by atoms with E-state index >= 15 is 0 Å². The second-order valence-corrected chi connectivity index (χ2v) is 10.1. The van der Waals surface area contributed by atoms with Crippen molar-refractivity contribution >= 4 is 33.1 Å². The number of benzene rings is 4. The van der Waals surface area contributed by atoms with E-state index in [2.05, 4.69) is 109 Å². The van der Waals surface area contributed by atoms with Crippen LogP contribution in [0.5, 0.6) is 0 Å². The summed E-state index contributed by atoms with van der Waals surface area (Å²) in [5.74, 6) is 0. The van der Waals surface area contributed by atoms with Crippen molar-refractivity contribution in [3.05, 3.63) is 134 Å². The molecule has 0 N–H and O–H groups in total. The van der Waals surface area contributed by atoms with Gasteiger partial charge >= 0.3 is 0 Å². The van der Waals surface area contributed by atoms with Crippen LogP contribution in [0.25, 0.3) is 64.9 Å². The highest BCUT2D eigenvalue weighted by Gasteiger charge is 2.23. The molecule has 7 aromatic rings. The average Bonchev–Trinajstić information content (AvgIpc) is 3.38. The summed E-state index contributed by atoms with van der Waals surface area (Å²) in [6.45, 7) is 0. The zero-order valence-electron chi connectivity index (χ0n) is 20.0. The van der Waals surface area contributed by atoms with Crippen molar-refractivity contribution in [2.75, 3.05) is 0 Å². The molecule has 0 aliphatic heterocycles. The van der Waals surface area contributed by atoms with Gasteiger partial charge in [0.25, 0.3) is 0 Å². The fraction of sp³-hybridized carbons (Fsp3) is 0. The maximum Gasteiger partial charge on any atom is 0.0702 e. The van der Waals surface area contributed by atoms with Crippen molar-refractivity contribution in [3.8, 4) is 43.1 Å². The van der Waals surface area contributed by atoms with Crippen LogP contribution in [0, 0.1) is 0 Å². The van der Waals surface area contributed by atoms with E-state index in [-0.39, 0.29) is 0 Å². The van der Waals surface area contributed by atoms with E-state index < -0.39 is 0 Å². The Balaban J connectivity index is 1.57. The van der Waals surface area contributed by atoms with Gasteiger partial charge in [-0.25, -0.2) is 0 Å². The molecule has 0 saturated heterocycles. The minimum Gasteiger partial charge on any atom is -0.256 e. The molecule has 3 aromatic heterocycles.